The summed E-state index contributed by atoms with van der Waals surface area (Å²) in [6, 6.07) is 8.19. The summed E-state index contributed by atoms with van der Waals surface area (Å²) in [6.07, 6.45) is -1.13. The monoisotopic (exact) mass is 355 g/mol. The maximum atomic E-state index is 11.8. The van der Waals surface area contributed by atoms with E-state index in [9.17, 15) is 19.2 Å². The zero-order valence-corrected chi connectivity index (χ0v) is 13.9. The molecule has 0 heterocycles. The fourth-order valence-corrected chi connectivity index (χ4v) is 2.15. The Morgan fingerprint density at radius 2 is 1.75 bits per heavy atom. The third-order valence-electron chi connectivity index (χ3n) is 2.60. The standard InChI is InChI=1S/C15H17NO7S/c1-9(13(19)16-8-12(17)18)24-15(21)23-10(2)22-14(20)11-6-4-3-5-7-11/h3-7,9-10H,8H2,1-2H3,(H,16,19)(H,17,18)/t9?,10-/m0/s1. The molecule has 2 N–H and O–H groups in total. The second-order valence-corrected chi connectivity index (χ2v) is 5.85. The predicted molar refractivity (Wildman–Crippen MR) is 85.5 cm³/mol. The number of ether oxygens (including phenoxy) is 2. The van der Waals surface area contributed by atoms with Crippen molar-refractivity contribution in [2.24, 2.45) is 0 Å². The molecule has 9 heteroatoms. The van der Waals surface area contributed by atoms with Gasteiger partial charge < -0.3 is 19.9 Å². The molecule has 0 saturated heterocycles. The lowest BCUT2D eigenvalue weighted by Crippen LogP contribution is -2.35. The molecule has 0 aliphatic heterocycles. The number of carbonyl (C=O) groups excluding carboxylic acids is 3. The van der Waals surface area contributed by atoms with E-state index in [2.05, 4.69) is 5.32 Å². The molecule has 130 valence electrons. The summed E-state index contributed by atoms with van der Waals surface area (Å²) in [4.78, 5) is 45.3. The molecule has 0 bridgehead atoms. The maximum Gasteiger partial charge on any atom is 0.371 e. The lowest BCUT2D eigenvalue weighted by Gasteiger charge is -2.15. The lowest BCUT2D eigenvalue weighted by atomic mass is 10.2. The summed E-state index contributed by atoms with van der Waals surface area (Å²) in [6.45, 7) is 2.25. The molecule has 1 amide bonds. The second-order valence-electron chi connectivity index (χ2n) is 4.58. The first-order valence-electron chi connectivity index (χ1n) is 6.92. The third kappa shape index (κ3) is 7.14. The Hall–Kier alpha value is -2.55. The third-order valence-corrected chi connectivity index (χ3v) is 3.46. The molecule has 1 aromatic rings. The number of aliphatic carboxylic acids is 1. The average Bonchev–Trinajstić information content (AvgIpc) is 2.52. The highest BCUT2D eigenvalue weighted by Crippen LogP contribution is 2.16. The van der Waals surface area contributed by atoms with Gasteiger partial charge in [0.2, 0.25) is 12.2 Å². The van der Waals surface area contributed by atoms with Gasteiger partial charge >= 0.3 is 17.2 Å². The largest absolute Gasteiger partial charge is 0.480 e. The van der Waals surface area contributed by atoms with Crippen molar-refractivity contribution >= 4 is 34.9 Å². The zero-order valence-electron chi connectivity index (χ0n) is 13.1. The first-order chi connectivity index (χ1) is 11.3. The van der Waals surface area contributed by atoms with Crippen molar-refractivity contribution in [2.75, 3.05) is 6.54 Å². The Balaban J connectivity index is 2.39. The van der Waals surface area contributed by atoms with Gasteiger partial charge in [0.15, 0.2) is 0 Å². The van der Waals surface area contributed by atoms with Gasteiger partial charge in [0.25, 0.3) is 0 Å². The van der Waals surface area contributed by atoms with Gasteiger partial charge in [-0.25, -0.2) is 9.59 Å². The van der Waals surface area contributed by atoms with Crippen LogP contribution in [-0.4, -0.2) is 46.3 Å². The van der Waals surface area contributed by atoms with Gasteiger partial charge in [-0.15, -0.1) is 0 Å². The van der Waals surface area contributed by atoms with Crippen LogP contribution in [-0.2, 0) is 19.1 Å². The van der Waals surface area contributed by atoms with Gasteiger partial charge in [-0.05, 0) is 30.8 Å². The molecule has 0 saturated carbocycles. The zero-order chi connectivity index (χ0) is 18.1. The van der Waals surface area contributed by atoms with Crippen LogP contribution in [0.4, 0.5) is 4.79 Å². The van der Waals surface area contributed by atoms with Gasteiger partial charge in [-0.2, -0.15) is 0 Å². The molecule has 0 fully saturated rings. The molecular formula is C15H17NO7S. The normalized spacial score (nSPS) is 12.6. The van der Waals surface area contributed by atoms with Crippen molar-refractivity contribution in [3.05, 3.63) is 35.9 Å². The Kier molecular flexibility index (Phi) is 7.76. The van der Waals surface area contributed by atoms with Crippen LogP contribution in [0.2, 0.25) is 0 Å². The van der Waals surface area contributed by atoms with E-state index in [0.29, 0.717) is 17.3 Å². The summed E-state index contributed by atoms with van der Waals surface area (Å²) >= 11 is 0.553. The summed E-state index contributed by atoms with van der Waals surface area (Å²) in [7, 11) is 0. The number of benzene rings is 1. The minimum Gasteiger partial charge on any atom is -0.480 e. The van der Waals surface area contributed by atoms with Crippen molar-refractivity contribution in [2.45, 2.75) is 25.4 Å². The van der Waals surface area contributed by atoms with Gasteiger partial charge in [-0.3, -0.25) is 9.59 Å². The molecule has 0 spiro atoms. The molecule has 24 heavy (non-hydrogen) atoms. The summed E-state index contributed by atoms with van der Waals surface area (Å²) in [5.41, 5.74) is 0.314. The first-order valence-corrected chi connectivity index (χ1v) is 7.80. The topological polar surface area (TPSA) is 119 Å². The molecule has 1 rings (SSSR count). The van der Waals surface area contributed by atoms with E-state index in [-0.39, 0.29) is 0 Å². The highest BCUT2D eigenvalue weighted by atomic mass is 32.2. The molecule has 1 unspecified atom stereocenters. The van der Waals surface area contributed by atoms with Gasteiger partial charge in [0, 0.05) is 6.92 Å². The van der Waals surface area contributed by atoms with Crippen molar-refractivity contribution in [1.82, 2.24) is 5.32 Å². The molecule has 0 aliphatic rings. The SMILES string of the molecule is CC(SC(=O)O[C@@H](C)OC(=O)c1ccccc1)C(=O)NCC(=O)O. The van der Waals surface area contributed by atoms with E-state index in [0.717, 1.165) is 0 Å². The Labute approximate surface area is 142 Å². The number of hydrogen-bond donors (Lipinski definition) is 2. The van der Waals surface area contributed by atoms with E-state index in [4.69, 9.17) is 14.6 Å². The Bertz CT molecular complexity index is 605. The summed E-state index contributed by atoms with van der Waals surface area (Å²) < 4.78 is 9.83. The van der Waals surface area contributed by atoms with Crippen LogP contribution in [0.25, 0.3) is 0 Å². The first kappa shape index (κ1) is 19.5. The number of hydrogen-bond acceptors (Lipinski definition) is 7. The summed E-state index contributed by atoms with van der Waals surface area (Å²) in [5, 5.41) is 8.93. The number of nitrogens with one attached hydrogen (secondary N) is 1. The predicted octanol–water partition coefficient (Wildman–Crippen LogP) is 1.65. The maximum absolute atomic E-state index is 11.8. The van der Waals surface area contributed by atoms with E-state index in [1.807, 2.05) is 0 Å². The highest BCUT2D eigenvalue weighted by Gasteiger charge is 2.22. The Morgan fingerprint density at radius 3 is 2.33 bits per heavy atom. The smallest absolute Gasteiger partial charge is 0.371 e. The number of carboxylic acids is 1. The fourth-order valence-electron chi connectivity index (χ4n) is 1.48. The van der Waals surface area contributed by atoms with Crippen molar-refractivity contribution in [3.63, 3.8) is 0 Å². The van der Waals surface area contributed by atoms with Crippen LogP contribution in [0, 0.1) is 0 Å². The van der Waals surface area contributed by atoms with Crippen LogP contribution < -0.4 is 5.32 Å². The van der Waals surface area contributed by atoms with E-state index >= 15 is 0 Å². The quantitative estimate of drug-likeness (QED) is 0.560. The number of carboxylic acid groups (broad SMARTS) is 1. The van der Waals surface area contributed by atoms with Crippen LogP contribution in [0.15, 0.2) is 30.3 Å². The Morgan fingerprint density at radius 1 is 1.12 bits per heavy atom. The minimum atomic E-state index is -1.19. The van der Waals surface area contributed by atoms with Gasteiger partial charge in [0.05, 0.1) is 10.8 Å². The van der Waals surface area contributed by atoms with Crippen LogP contribution in [0.3, 0.4) is 0 Å². The number of rotatable bonds is 7. The van der Waals surface area contributed by atoms with Crippen LogP contribution >= 0.6 is 11.8 Å². The molecule has 0 aliphatic carbocycles. The second kappa shape index (κ2) is 9.56. The molecule has 0 radical (unpaired) electrons. The van der Waals surface area contributed by atoms with E-state index < -0.39 is 41.2 Å². The van der Waals surface area contributed by atoms with Crippen molar-refractivity contribution in [1.29, 1.82) is 0 Å². The van der Waals surface area contributed by atoms with Gasteiger partial charge in [0.1, 0.15) is 6.54 Å². The minimum absolute atomic E-state index is 0.314. The number of esters is 1. The summed E-state index contributed by atoms with van der Waals surface area (Å²) in [5.74, 6) is -2.45. The molecule has 2 atom stereocenters. The van der Waals surface area contributed by atoms with E-state index in [1.54, 1.807) is 30.3 Å². The highest BCUT2D eigenvalue weighted by molar-refractivity contribution is 8.14. The van der Waals surface area contributed by atoms with Crippen LogP contribution in [0.1, 0.15) is 24.2 Å². The number of carbonyl (C=O) groups is 4. The molecule has 8 nitrogen and oxygen atoms in total. The average molecular weight is 355 g/mol. The molecular weight excluding hydrogens is 338 g/mol. The lowest BCUT2D eigenvalue weighted by molar-refractivity contribution is -0.137. The molecule has 1 aromatic carbocycles. The molecule has 0 aromatic heterocycles. The van der Waals surface area contributed by atoms with E-state index in [1.165, 1.54) is 13.8 Å². The van der Waals surface area contributed by atoms with Crippen LogP contribution in [0.5, 0.6) is 0 Å². The van der Waals surface area contributed by atoms with Crippen molar-refractivity contribution in [3.8, 4) is 0 Å². The van der Waals surface area contributed by atoms with Crippen molar-refractivity contribution < 1.29 is 33.8 Å². The van der Waals surface area contributed by atoms with Gasteiger partial charge in [-0.1, -0.05) is 18.2 Å². The fraction of sp³-hybridized carbons (Fsp3) is 0.333. The number of thioether (sulfide) groups is 1. The number of amides is 1.